The molecule has 0 bridgehead atoms. The first-order valence-electron chi connectivity index (χ1n) is 7.80. The van der Waals surface area contributed by atoms with Gasteiger partial charge in [0.1, 0.15) is 4.90 Å². The SMILES string of the molecule is Cc1nn(C)c2ncc(S(=O)(=O)Nc3cc(C(F)(F)F)cc(C(F)(F)F)c3)cc12. The molecule has 1 N–H and O–H groups in total. The molecule has 6 nitrogen and oxygen atoms in total. The number of halogens is 6. The maximum Gasteiger partial charge on any atom is 0.416 e. The highest BCUT2D eigenvalue weighted by molar-refractivity contribution is 7.92. The lowest BCUT2D eigenvalue weighted by atomic mass is 10.1. The Labute approximate surface area is 160 Å². The number of sulfonamides is 1. The molecule has 0 spiro atoms. The van der Waals surface area contributed by atoms with Crippen LogP contribution in [0.3, 0.4) is 0 Å². The summed E-state index contributed by atoms with van der Waals surface area (Å²) in [6, 6.07) is 1.66. The van der Waals surface area contributed by atoms with Crippen LogP contribution in [0.5, 0.6) is 0 Å². The highest BCUT2D eigenvalue weighted by Gasteiger charge is 2.37. The fraction of sp³-hybridized carbons (Fsp3) is 0.250. The highest BCUT2D eigenvalue weighted by atomic mass is 32.2. The topological polar surface area (TPSA) is 76.9 Å². The molecular weight excluding hydrogens is 426 g/mol. The molecule has 0 saturated heterocycles. The summed E-state index contributed by atoms with van der Waals surface area (Å²) in [5.74, 6) is 0. The van der Waals surface area contributed by atoms with Gasteiger partial charge in [-0.2, -0.15) is 31.4 Å². The lowest BCUT2D eigenvalue weighted by Crippen LogP contribution is -2.16. The molecule has 2 heterocycles. The lowest BCUT2D eigenvalue weighted by Gasteiger charge is -2.15. The van der Waals surface area contributed by atoms with Gasteiger partial charge in [-0.3, -0.25) is 9.40 Å². The number of benzene rings is 1. The largest absolute Gasteiger partial charge is 0.416 e. The molecule has 0 atom stereocenters. The minimum Gasteiger partial charge on any atom is -0.280 e. The first-order chi connectivity index (χ1) is 13.2. The van der Waals surface area contributed by atoms with Gasteiger partial charge in [-0.25, -0.2) is 13.4 Å². The van der Waals surface area contributed by atoms with Gasteiger partial charge in [0.15, 0.2) is 5.65 Å². The summed E-state index contributed by atoms with van der Waals surface area (Å²) in [6.45, 7) is 1.59. The van der Waals surface area contributed by atoms with Crippen molar-refractivity contribution in [2.45, 2.75) is 24.2 Å². The second kappa shape index (κ2) is 6.61. The first kappa shape index (κ1) is 20.9. The molecule has 156 valence electrons. The molecule has 0 unspecified atom stereocenters. The number of fused-ring (bicyclic) bond motifs is 1. The molecule has 0 aliphatic rings. The van der Waals surface area contributed by atoms with Crippen molar-refractivity contribution in [3.05, 3.63) is 47.3 Å². The van der Waals surface area contributed by atoms with Gasteiger partial charge in [0.05, 0.1) is 22.5 Å². The van der Waals surface area contributed by atoms with Gasteiger partial charge >= 0.3 is 12.4 Å². The summed E-state index contributed by atoms with van der Waals surface area (Å²) < 4.78 is 106. The molecule has 1 aromatic carbocycles. The van der Waals surface area contributed by atoms with Crippen LogP contribution in [-0.4, -0.2) is 23.2 Å². The maximum atomic E-state index is 12.9. The fourth-order valence-corrected chi connectivity index (χ4v) is 3.67. The summed E-state index contributed by atoms with van der Waals surface area (Å²) in [4.78, 5) is 3.51. The number of anilines is 1. The van der Waals surface area contributed by atoms with Crippen molar-refractivity contribution >= 4 is 26.7 Å². The Kier molecular flexibility index (Phi) is 4.76. The number of aromatic nitrogens is 3. The molecule has 2 aromatic heterocycles. The van der Waals surface area contributed by atoms with Crippen molar-refractivity contribution in [2.24, 2.45) is 7.05 Å². The minimum atomic E-state index is -5.10. The third kappa shape index (κ3) is 4.13. The van der Waals surface area contributed by atoms with Crippen molar-refractivity contribution in [1.82, 2.24) is 14.8 Å². The van der Waals surface area contributed by atoms with Crippen LogP contribution in [-0.2, 0) is 29.4 Å². The van der Waals surface area contributed by atoms with E-state index in [1.54, 1.807) is 18.7 Å². The molecular formula is C16H12F6N4O2S. The number of hydrogen-bond donors (Lipinski definition) is 1. The molecule has 0 aliphatic heterocycles. The Bertz CT molecular complexity index is 1170. The van der Waals surface area contributed by atoms with E-state index in [4.69, 9.17) is 0 Å². The van der Waals surface area contributed by atoms with Crippen LogP contribution in [0.2, 0.25) is 0 Å². The monoisotopic (exact) mass is 438 g/mol. The van der Waals surface area contributed by atoms with Crippen molar-refractivity contribution < 1.29 is 34.8 Å². The van der Waals surface area contributed by atoms with Gasteiger partial charge < -0.3 is 0 Å². The summed E-state index contributed by atoms with van der Waals surface area (Å²) in [7, 11) is -2.94. The van der Waals surface area contributed by atoms with Crippen molar-refractivity contribution in [3.63, 3.8) is 0 Å². The van der Waals surface area contributed by atoms with E-state index in [-0.39, 0.29) is 18.2 Å². The van der Waals surface area contributed by atoms with E-state index in [1.165, 1.54) is 10.7 Å². The van der Waals surface area contributed by atoms with Gasteiger partial charge in [-0.05, 0) is 31.2 Å². The van der Waals surface area contributed by atoms with Crippen molar-refractivity contribution in [1.29, 1.82) is 0 Å². The number of pyridine rings is 1. The minimum absolute atomic E-state index is 0.0928. The molecule has 0 amide bonds. The van der Waals surface area contributed by atoms with E-state index in [9.17, 15) is 34.8 Å². The van der Waals surface area contributed by atoms with E-state index >= 15 is 0 Å². The number of nitrogens with one attached hydrogen (secondary N) is 1. The van der Waals surface area contributed by atoms with Gasteiger partial charge in [-0.1, -0.05) is 0 Å². The van der Waals surface area contributed by atoms with Crippen LogP contribution >= 0.6 is 0 Å². The second-order valence-electron chi connectivity index (χ2n) is 6.15. The van der Waals surface area contributed by atoms with Crippen molar-refractivity contribution in [2.75, 3.05) is 4.72 Å². The number of aryl methyl sites for hydroxylation is 2. The Balaban J connectivity index is 2.07. The van der Waals surface area contributed by atoms with Crippen LogP contribution < -0.4 is 4.72 Å². The third-order valence-electron chi connectivity index (χ3n) is 3.99. The van der Waals surface area contributed by atoms with E-state index in [0.717, 1.165) is 6.20 Å². The van der Waals surface area contributed by atoms with E-state index in [1.807, 2.05) is 0 Å². The zero-order chi connectivity index (χ0) is 21.8. The zero-order valence-electron chi connectivity index (χ0n) is 14.7. The predicted molar refractivity (Wildman–Crippen MR) is 90.5 cm³/mol. The van der Waals surface area contributed by atoms with Crippen LogP contribution in [0.25, 0.3) is 11.0 Å². The summed E-state index contributed by atoms with van der Waals surface area (Å²) in [5.41, 5.74) is -3.34. The predicted octanol–water partition coefficient (Wildman–Crippen LogP) is 4.12. The number of hydrogen-bond acceptors (Lipinski definition) is 4. The Hall–Kier alpha value is -2.83. The summed E-state index contributed by atoms with van der Waals surface area (Å²) >= 11 is 0. The summed E-state index contributed by atoms with van der Waals surface area (Å²) in [6.07, 6.45) is -9.27. The van der Waals surface area contributed by atoms with E-state index in [0.29, 0.717) is 16.7 Å². The van der Waals surface area contributed by atoms with Gasteiger partial charge in [0, 0.05) is 18.6 Å². The molecule has 0 saturated carbocycles. The standard InChI is InChI=1S/C16H12F6N4O2S/c1-8-13-6-12(7-23-14(13)26(2)24-8)29(27,28)25-11-4-9(15(17,18)19)3-10(5-11)16(20,21)22/h3-7,25H,1-2H3. The number of nitrogens with zero attached hydrogens (tertiary/aromatic N) is 3. The molecule has 0 radical (unpaired) electrons. The van der Waals surface area contributed by atoms with Gasteiger partial charge in [-0.15, -0.1) is 0 Å². The average Bonchev–Trinajstić information content (AvgIpc) is 2.86. The molecule has 0 aliphatic carbocycles. The molecule has 0 fully saturated rings. The molecule has 29 heavy (non-hydrogen) atoms. The highest BCUT2D eigenvalue weighted by Crippen LogP contribution is 2.38. The molecule has 13 heteroatoms. The molecule has 3 aromatic rings. The van der Waals surface area contributed by atoms with Crippen molar-refractivity contribution in [3.8, 4) is 0 Å². The number of alkyl halides is 6. The normalized spacial score (nSPS) is 13.1. The van der Waals surface area contributed by atoms with Crippen LogP contribution in [0, 0.1) is 6.92 Å². The third-order valence-corrected chi connectivity index (χ3v) is 5.34. The maximum absolute atomic E-state index is 12.9. The smallest absolute Gasteiger partial charge is 0.280 e. The second-order valence-corrected chi connectivity index (χ2v) is 7.83. The van der Waals surface area contributed by atoms with Crippen LogP contribution in [0.4, 0.5) is 32.0 Å². The zero-order valence-corrected chi connectivity index (χ0v) is 15.5. The summed E-state index contributed by atoms with van der Waals surface area (Å²) in [5, 5.41) is 4.43. The number of rotatable bonds is 3. The lowest BCUT2D eigenvalue weighted by molar-refractivity contribution is -0.143. The van der Waals surface area contributed by atoms with Gasteiger partial charge in [0.2, 0.25) is 0 Å². The van der Waals surface area contributed by atoms with Gasteiger partial charge in [0.25, 0.3) is 10.0 Å². The average molecular weight is 438 g/mol. The fourth-order valence-electron chi connectivity index (χ4n) is 2.66. The van der Waals surface area contributed by atoms with Crippen LogP contribution in [0.1, 0.15) is 16.8 Å². The van der Waals surface area contributed by atoms with E-state index < -0.39 is 44.1 Å². The Morgan fingerprint density at radius 2 is 1.52 bits per heavy atom. The molecule has 3 rings (SSSR count). The first-order valence-corrected chi connectivity index (χ1v) is 9.28. The van der Waals surface area contributed by atoms with Crippen LogP contribution in [0.15, 0.2) is 35.4 Å². The Morgan fingerprint density at radius 3 is 2.03 bits per heavy atom. The quantitative estimate of drug-likeness (QED) is 0.625. The Morgan fingerprint density at radius 1 is 0.966 bits per heavy atom. The van der Waals surface area contributed by atoms with E-state index in [2.05, 4.69) is 10.1 Å².